The van der Waals surface area contributed by atoms with Crippen molar-refractivity contribution in [3.05, 3.63) is 65.6 Å². The number of allylic oxidation sites excluding steroid dienone is 5. The summed E-state index contributed by atoms with van der Waals surface area (Å²) in [6.45, 7) is 0.00541. The number of nitrogens with two attached hydrogens (primary N) is 1. The Morgan fingerprint density at radius 3 is 2.71 bits per heavy atom. The van der Waals surface area contributed by atoms with E-state index in [1.54, 1.807) is 12.2 Å². The van der Waals surface area contributed by atoms with Crippen LogP contribution >= 0.6 is 0 Å². The van der Waals surface area contributed by atoms with Crippen LogP contribution in [0, 0.1) is 0 Å². The molecule has 3 rings (SSSR count). The molecule has 1 aliphatic heterocycles. The largest absolute Gasteiger partial charge is 0.421 e. The van der Waals surface area contributed by atoms with E-state index in [1.807, 2.05) is 0 Å². The third kappa shape index (κ3) is 3.24. The van der Waals surface area contributed by atoms with E-state index in [1.165, 1.54) is 37.4 Å². The number of primary amides is 1. The normalized spacial score (nSPS) is 26.2. The van der Waals surface area contributed by atoms with Crippen molar-refractivity contribution < 1.29 is 27.5 Å². The van der Waals surface area contributed by atoms with Crippen LogP contribution in [-0.2, 0) is 15.2 Å². The van der Waals surface area contributed by atoms with E-state index in [0.29, 0.717) is 0 Å². The Labute approximate surface area is 158 Å². The van der Waals surface area contributed by atoms with Crippen LogP contribution in [0.5, 0.6) is 0 Å². The summed E-state index contributed by atoms with van der Waals surface area (Å²) < 4.78 is 46.5. The lowest BCUT2D eigenvalue weighted by Crippen LogP contribution is -2.36. The molecule has 0 fully saturated rings. The molecule has 146 valence electrons. The molecule has 1 aromatic rings. The first-order chi connectivity index (χ1) is 13.2. The van der Waals surface area contributed by atoms with Crippen LogP contribution in [0.3, 0.4) is 0 Å². The zero-order valence-electron chi connectivity index (χ0n) is 14.8. The van der Waals surface area contributed by atoms with Crippen LogP contribution in [0.2, 0.25) is 0 Å². The molecule has 9 heteroatoms. The fourth-order valence-corrected chi connectivity index (χ4v) is 3.35. The van der Waals surface area contributed by atoms with Gasteiger partial charge in [-0.25, -0.2) is 13.2 Å². The van der Waals surface area contributed by atoms with E-state index in [2.05, 4.69) is 9.84 Å². The molecule has 1 amide bonds. The summed E-state index contributed by atoms with van der Waals surface area (Å²) in [6.07, 6.45) is 4.03. The number of carbonyl (C=O) groups excluding carboxylic acids is 2. The number of hydrogen-bond acceptors (Lipinski definition) is 4. The molecule has 0 radical (unpaired) electrons. The van der Waals surface area contributed by atoms with Crippen molar-refractivity contribution in [2.45, 2.75) is 18.5 Å². The van der Waals surface area contributed by atoms with Crippen LogP contribution < -0.4 is 10.3 Å². The third-order valence-corrected chi connectivity index (χ3v) is 4.55. The average Bonchev–Trinajstić information content (AvgIpc) is 3.00. The molecule has 6 nitrogen and oxygen atoms in total. The lowest BCUT2D eigenvalue weighted by molar-refractivity contribution is -0.124. The predicted octanol–water partition coefficient (Wildman–Crippen LogP) is 3.05. The number of quaternary nitrogens is 1. The van der Waals surface area contributed by atoms with Crippen molar-refractivity contribution in [3.8, 4) is 0 Å². The van der Waals surface area contributed by atoms with Crippen LogP contribution in [0.4, 0.5) is 18.9 Å². The van der Waals surface area contributed by atoms with E-state index >= 15 is 4.39 Å². The zero-order valence-corrected chi connectivity index (χ0v) is 14.8. The highest BCUT2D eigenvalue weighted by molar-refractivity contribution is 6.04. The molecule has 0 aromatic heterocycles. The molecule has 0 saturated carbocycles. The highest BCUT2D eigenvalue weighted by atomic mass is 19.3. The first-order valence-electron chi connectivity index (χ1n) is 8.27. The van der Waals surface area contributed by atoms with Gasteiger partial charge in [0.2, 0.25) is 17.4 Å². The monoisotopic (exact) mass is 392 g/mol. The highest BCUT2D eigenvalue weighted by Crippen LogP contribution is 2.45. The van der Waals surface area contributed by atoms with Gasteiger partial charge in [0.15, 0.2) is 17.6 Å². The Morgan fingerprint density at radius 1 is 1.39 bits per heavy atom. The van der Waals surface area contributed by atoms with Crippen LogP contribution in [0.1, 0.15) is 22.3 Å². The Morgan fingerprint density at radius 2 is 2.14 bits per heavy atom. The van der Waals surface area contributed by atoms with Gasteiger partial charge in [-0.1, -0.05) is 29.4 Å². The van der Waals surface area contributed by atoms with Gasteiger partial charge in [0.1, 0.15) is 7.05 Å². The highest BCUT2D eigenvalue weighted by Gasteiger charge is 2.45. The minimum absolute atomic E-state index is 0.00541. The Balaban J connectivity index is 2.27. The molecule has 28 heavy (non-hydrogen) atoms. The van der Waals surface area contributed by atoms with Crippen molar-refractivity contribution in [3.63, 3.8) is 0 Å². The van der Waals surface area contributed by atoms with Gasteiger partial charge in [-0.05, 0) is 12.1 Å². The van der Waals surface area contributed by atoms with Crippen molar-refractivity contribution >= 4 is 23.8 Å². The fraction of sp³-hybridized carbons (Fsp3) is 0.211. The molecule has 2 aliphatic rings. The lowest BCUT2D eigenvalue weighted by Gasteiger charge is -2.30. The van der Waals surface area contributed by atoms with E-state index in [0.717, 1.165) is 6.20 Å². The maximum absolute atomic E-state index is 15.8. The number of benzene rings is 1. The summed E-state index contributed by atoms with van der Waals surface area (Å²) in [7, 11) is 1.40. The second-order valence-corrected chi connectivity index (χ2v) is 6.44. The number of nitrogens with zero attached hydrogens (tertiary/aromatic N) is 2. The molecule has 0 bridgehead atoms. The molecular weight excluding hydrogens is 375 g/mol. The van der Waals surface area contributed by atoms with Gasteiger partial charge in [0, 0.05) is 12.5 Å². The smallest absolute Gasteiger partial charge is 0.298 e. The van der Waals surface area contributed by atoms with E-state index in [4.69, 9.17) is 5.73 Å². The third-order valence-electron chi connectivity index (χ3n) is 4.55. The number of amides is 1. The molecule has 1 aliphatic carbocycles. The summed E-state index contributed by atoms with van der Waals surface area (Å²) in [5, 5.41) is 3.94. The molecule has 0 saturated heterocycles. The van der Waals surface area contributed by atoms with Gasteiger partial charge >= 0.3 is 0 Å². The van der Waals surface area contributed by atoms with Crippen LogP contribution in [0.15, 0.2) is 59.6 Å². The second-order valence-electron chi connectivity index (χ2n) is 6.44. The SMILES string of the molecule is C[N+]1(c2cccc(C(N)=O)c2C2(F)C=CC=CC2)C=C(OC=O)C(C(F)F)=N1. The van der Waals surface area contributed by atoms with Crippen molar-refractivity contribution in [1.82, 2.24) is 4.59 Å². The van der Waals surface area contributed by atoms with Crippen LogP contribution in [-0.4, -0.2) is 31.6 Å². The Kier molecular flexibility index (Phi) is 4.95. The summed E-state index contributed by atoms with van der Waals surface area (Å²) in [6, 6.07) is 4.28. The average molecular weight is 392 g/mol. The maximum Gasteiger partial charge on any atom is 0.298 e. The van der Waals surface area contributed by atoms with Crippen molar-refractivity contribution in [2.24, 2.45) is 10.8 Å². The van der Waals surface area contributed by atoms with Gasteiger partial charge in [0.05, 0.1) is 11.1 Å². The lowest BCUT2D eigenvalue weighted by atomic mass is 9.84. The van der Waals surface area contributed by atoms with Crippen molar-refractivity contribution in [1.29, 1.82) is 0 Å². The number of alkyl halides is 3. The summed E-state index contributed by atoms with van der Waals surface area (Å²) >= 11 is 0. The Hall–Kier alpha value is -3.20. The number of carbonyl (C=O) groups is 2. The quantitative estimate of drug-likeness (QED) is 0.597. The maximum atomic E-state index is 15.8. The minimum atomic E-state index is -3.02. The van der Waals surface area contributed by atoms with Gasteiger partial charge < -0.3 is 10.5 Å². The Bertz CT molecular complexity index is 955. The standard InChI is InChI=1S/C19H16F3N3O3/c1-25(10-14(28-11-26)16(24-25)17(20)21)13-7-5-6-12(18(23)27)15(13)19(22)8-3-2-4-9-19/h2-8,10-11,17H,9H2,1H3,(H-,23,27)/p+1. The summed E-state index contributed by atoms with van der Waals surface area (Å²) in [5.41, 5.74) is 2.54. The van der Waals surface area contributed by atoms with Crippen molar-refractivity contribution in [2.75, 3.05) is 7.05 Å². The van der Waals surface area contributed by atoms with E-state index < -0.39 is 34.1 Å². The molecule has 1 aromatic carbocycles. The molecule has 1 heterocycles. The van der Waals surface area contributed by atoms with Gasteiger partial charge in [0.25, 0.3) is 12.9 Å². The predicted molar refractivity (Wildman–Crippen MR) is 97.0 cm³/mol. The molecule has 0 spiro atoms. The fourth-order valence-electron chi connectivity index (χ4n) is 3.35. The van der Waals surface area contributed by atoms with Gasteiger partial charge in [-0.3, -0.25) is 9.59 Å². The first kappa shape index (κ1) is 19.6. The second kappa shape index (κ2) is 7.08. The number of rotatable bonds is 6. The summed E-state index contributed by atoms with van der Waals surface area (Å²) in [5.74, 6) is -1.30. The van der Waals surface area contributed by atoms with Gasteiger partial charge in [-0.2, -0.15) is 0 Å². The zero-order chi connectivity index (χ0) is 20.5. The number of halogens is 3. The first-order valence-corrected chi connectivity index (χ1v) is 8.27. The minimum Gasteiger partial charge on any atom is -0.421 e. The van der Waals surface area contributed by atoms with E-state index in [-0.39, 0.29) is 29.7 Å². The molecular formula is C19H17F3N3O3+. The number of hydrogen-bond donors (Lipinski definition) is 1. The van der Waals surface area contributed by atoms with Gasteiger partial charge in [-0.15, -0.1) is 4.59 Å². The topological polar surface area (TPSA) is 81.8 Å². The van der Waals surface area contributed by atoms with Crippen LogP contribution in [0.25, 0.3) is 0 Å². The van der Waals surface area contributed by atoms with E-state index in [9.17, 15) is 18.4 Å². The molecule has 2 unspecified atom stereocenters. The molecule has 2 N–H and O–H groups in total. The molecule has 2 atom stereocenters. The number of ether oxygens (including phenoxy) is 1. The summed E-state index contributed by atoms with van der Waals surface area (Å²) in [4.78, 5) is 22.7.